The number of carbonyl (C=O) groups excluding carboxylic acids is 1. The zero-order chi connectivity index (χ0) is 15.9. The summed E-state index contributed by atoms with van der Waals surface area (Å²) in [5, 5.41) is 8.92. The molecule has 0 atom stereocenters. The van der Waals surface area contributed by atoms with Gasteiger partial charge in [-0.05, 0) is 23.8 Å². The average molecular weight is 319 g/mol. The number of hydrogen-bond acceptors (Lipinski definition) is 3. The molecule has 0 bridgehead atoms. The van der Waals surface area contributed by atoms with Crippen molar-refractivity contribution in [3.63, 3.8) is 0 Å². The number of rotatable bonds is 7. The number of ketones is 1. The van der Waals surface area contributed by atoms with Crippen molar-refractivity contribution in [2.24, 2.45) is 0 Å². The van der Waals surface area contributed by atoms with E-state index in [1.54, 1.807) is 12.1 Å². The van der Waals surface area contributed by atoms with Crippen LogP contribution in [-0.4, -0.2) is 16.9 Å². The molecule has 1 N–H and O–H groups in total. The summed E-state index contributed by atoms with van der Waals surface area (Å²) in [5.74, 6) is -0.763. The average Bonchev–Trinajstić information content (AvgIpc) is 2.52. The third-order valence-electron chi connectivity index (χ3n) is 3.06. The fourth-order valence-corrected chi connectivity index (χ4v) is 2.13. The molecule has 0 heterocycles. The molecule has 5 heteroatoms. The Kier molecular flexibility index (Phi) is 5.55. The number of hydrogen-bond donors (Lipinski definition) is 1. The van der Waals surface area contributed by atoms with Crippen molar-refractivity contribution in [3.8, 4) is 5.75 Å². The van der Waals surface area contributed by atoms with Gasteiger partial charge in [-0.3, -0.25) is 9.59 Å². The van der Waals surface area contributed by atoms with E-state index in [0.29, 0.717) is 22.9 Å². The maximum absolute atomic E-state index is 11.8. The molecule has 22 heavy (non-hydrogen) atoms. The third kappa shape index (κ3) is 4.60. The minimum Gasteiger partial charge on any atom is -0.487 e. The molecular weight excluding hydrogens is 304 g/mol. The van der Waals surface area contributed by atoms with E-state index in [9.17, 15) is 9.59 Å². The molecule has 0 unspecified atom stereocenters. The minimum absolute atomic E-state index is 0.0458. The molecule has 0 aliphatic carbocycles. The molecule has 0 aromatic heterocycles. The van der Waals surface area contributed by atoms with Gasteiger partial charge in [0.05, 0.1) is 11.4 Å². The lowest BCUT2D eigenvalue weighted by atomic mass is 10.1. The lowest BCUT2D eigenvalue weighted by Gasteiger charge is -2.09. The standard InChI is InChI=1S/C17H15ClO4/c18-14-10-13(15(19)7-9-17(20)21)6-8-16(14)22-11-12-4-2-1-3-5-12/h1-6,8,10H,7,9,11H2,(H,20,21). The molecule has 0 aliphatic heterocycles. The summed E-state index contributed by atoms with van der Waals surface area (Å²) >= 11 is 6.11. The Morgan fingerprint density at radius 1 is 1.05 bits per heavy atom. The van der Waals surface area contributed by atoms with E-state index < -0.39 is 5.97 Å². The second-order valence-corrected chi connectivity index (χ2v) is 5.14. The molecule has 114 valence electrons. The third-order valence-corrected chi connectivity index (χ3v) is 3.35. The van der Waals surface area contributed by atoms with E-state index in [4.69, 9.17) is 21.4 Å². The van der Waals surface area contributed by atoms with Crippen LogP contribution in [0.2, 0.25) is 5.02 Å². The van der Waals surface area contributed by atoms with Gasteiger partial charge in [0.15, 0.2) is 5.78 Å². The van der Waals surface area contributed by atoms with Crippen LogP contribution >= 0.6 is 11.6 Å². The van der Waals surface area contributed by atoms with Gasteiger partial charge in [0.25, 0.3) is 0 Å². The van der Waals surface area contributed by atoms with Crippen LogP contribution in [0.25, 0.3) is 0 Å². The van der Waals surface area contributed by atoms with Crippen molar-refractivity contribution in [2.75, 3.05) is 0 Å². The van der Waals surface area contributed by atoms with Gasteiger partial charge >= 0.3 is 5.97 Å². The molecule has 0 amide bonds. The summed E-state index contributed by atoms with van der Waals surface area (Å²) in [6.07, 6.45) is -0.238. The second kappa shape index (κ2) is 7.61. The number of aliphatic carboxylic acids is 1. The minimum atomic E-state index is -0.998. The highest BCUT2D eigenvalue weighted by atomic mass is 35.5. The van der Waals surface area contributed by atoms with Crippen LogP contribution in [0.1, 0.15) is 28.8 Å². The zero-order valence-corrected chi connectivity index (χ0v) is 12.5. The van der Waals surface area contributed by atoms with Gasteiger partial charge in [0, 0.05) is 12.0 Å². The van der Waals surface area contributed by atoms with Gasteiger partial charge in [-0.25, -0.2) is 0 Å². The van der Waals surface area contributed by atoms with Crippen LogP contribution in [0.15, 0.2) is 48.5 Å². The topological polar surface area (TPSA) is 63.6 Å². The number of carboxylic acid groups (broad SMARTS) is 1. The van der Waals surface area contributed by atoms with Gasteiger partial charge in [0.2, 0.25) is 0 Å². The SMILES string of the molecule is O=C(O)CCC(=O)c1ccc(OCc2ccccc2)c(Cl)c1. The van der Waals surface area contributed by atoms with Crippen molar-refractivity contribution >= 4 is 23.4 Å². The normalized spacial score (nSPS) is 10.2. The molecule has 4 nitrogen and oxygen atoms in total. The van der Waals surface area contributed by atoms with E-state index in [0.717, 1.165) is 5.56 Å². The van der Waals surface area contributed by atoms with E-state index in [-0.39, 0.29) is 18.6 Å². The summed E-state index contributed by atoms with van der Waals surface area (Å²) in [6, 6.07) is 14.4. The highest BCUT2D eigenvalue weighted by molar-refractivity contribution is 6.32. The number of halogens is 1. The maximum atomic E-state index is 11.8. The Balaban J connectivity index is 2.00. The predicted octanol–water partition coefficient (Wildman–Crippen LogP) is 3.97. The molecule has 0 spiro atoms. The highest BCUT2D eigenvalue weighted by Gasteiger charge is 2.11. The first-order valence-corrected chi connectivity index (χ1v) is 7.15. The second-order valence-electron chi connectivity index (χ2n) is 4.74. The van der Waals surface area contributed by atoms with E-state index in [1.807, 2.05) is 30.3 Å². The molecule has 0 aliphatic rings. The number of carboxylic acids is 1. The highest BCUT2D eigenvalue weighted by Crippen LogP contribution is 2.27. The van der Waals surface area contributed by atoms with Crippen molar-refractivity contribution in [1.29, 1.82) is 0 Å². The Morgan fingerprint density at radius 2 is 1.77 bits per heavy atom. The Bertz CT molecular complexity index is 668. The van der Waals surface area contributed by atoms with Gasteiger partial charge in [-0.1, -0.05) is 41.9 Å². The summed E-state index contributed by atoms with van der Waals surface area (Å²) < 4.78 is 5.62. The predicted molar refractivity (Wildman–Crippen MR) is 83.4 cm³/mol. The summed E-state index contributed by atoms with van der Waals surface area (Å²) in [6.45, 7) is 0.382. The lowest BCUT2D eigenvalue weighted by Crippen LogP contribution is -2.04. The fraction of sp³-hybridized carbons (Fsp3) is 0.176. The van der Waals surface area contributed by atoms with E-state index in [1.165, 1.54) is 6.07 Å². The molecule has 0 radical (unpaired) electrons. The Morgan fingerprint density at radius 3 is 2.41 bits per heavy atom. The summed E-state index contributed by atoms with van der Waals surface area (Å²) in [5.41, 5.74) is 1.40. The van der Waals surface area contributed by atoms with Gasteiger partial charge in [-0.15, -0.1) is 0 Å². The van der Waals surface area contributed by atoms with Crippen molar-refractivity contribution in [1.82, 2.24) is 0 Å². The number of benzene rings is 2. The monoisotopic (exact) mass is 318 g/mol. The molecule has 2 aromatic rings. The van der Waals surface area contributed by atoms with Crippen LogP contribution in [0.3, 0.4) is 0 Å². The molecule has 0 fully saturated rings. The number of carbonyl (C=O) groups is 2. The Hall–Kier alpha value is -2.33. The largest absolute Gasteiger partial charge is 0.487 e. The molecule has 2 rings (SSSR count). The molecular formula is C17H15ClO4. The van der Waals surface area contributed by atoms with Crippen molar-refractivity contribution in [3.05, 3.63) is 64.7 Å². The van der Waals surface area contributed by atoms with E-state index in [2.05, 4.69) is 0 Å². The van der Waals surface area contributed by atoms with Gasteiger partial charge in [0.1, 0.15) is 12.4 Å². The lowest BCUT2D eigenvalue weighted by molar-refractivity contribution is -0.136. The van der Waals surface area contributed by atoms with Gasteiger partial charge < -0.3 is 9.84 Å². The first-order valence-electron chi connectivity index (χ1n) is 6.77. The van der Waals surface area contributed by atoms with E-state index >= 15 is 0 Å². The van der Waals surface area contributed by atoms with Crippen LogP contribution < -0.4 is 4.74 Å². The Labute approximate surface area is 133 Å². The molecule has 2 aromatic carbocycles. The molecule has 0 saturated carbocycles. The smallest absolute Gasteiger partial charge is 0.303 e. The molecule has 0 saturated heterocycles. The van der Waals surface area contributed by atoms with Crippen LogP contribution in [0.4, 0.5) is 0 Å². The van der Waals surface area contributed by atoms with Crippen molar-refractivity contribution in [2.45, 2.75) is 19.4 Å². The quantitative estimate of drug-likeness (QED) is 0.785. The fourth-order valence-electron chi connectivity index (χ4n) is 1.89. The zero-order valence-electron chi connectivity index (χ0n) is 11.8. The summed E-state index contributed by atoms with van der Waals surface area (Å²) in [4.78, 5) is 22.3. The number of Topliss-reactive ketones (excluding diaryl/α,β-unsaturated/α-hetero) is 1. The summed E-state index contributed by atoms with van der Waals surface area (Å²) in [7, 11) is 0. The van der Waals surface area contributed by atoms with Crippen LogP contribution in [-0.2, 0) is 11.4 Å². The van der Waals surface area contributed by atoms with Crippen LogP contribution in [0, 0.1) is 0 Å². The first-order chi connectivity index (χ1) is 10.6. The maximum Gasteiger partial charge on any atom is 0.303 e. The van der Waals surface area contributed by atoms with Crippen LogP contribution in [0.5, 0.6) is 5.75 Å². The first kappa shape index (κ1) is 16.0. The number of ether oxygens (including phenoxy) is 1. The van der Waals surface area contributed by atoms with Gasteiger partial charge in [-0.2, -0.15) is 0 Å². The van der Waals surface area contributed by atoms with Crippen molar-refractivity contribution < 1.29 is 19.4 Å².